The Kier molecular flexibility index (Phi) is 3.84. The number of furan rings is 1. The van der Waals surface area contributed by atoms with Crippen molar-refractivity contribution in [1.82, 2.24) is 4.90 Å². The fourth-order valence-corrected chi connectivity index (χ4v) is 2.54. The average molecular weight is 237 g/mol. The molecule has 4 heteroatoms. The van der Waals surface area contributed by atoms with Gasteiger partial charge in [0.2, 0.25) is 0 Å². The molecule has 1 N–H and O–H groups in total. The molecule has 2 rings (SSSR count). The van der Waals surface area contributed by atoms with Crippen molar-refractivity contribution in [3.8, 4) is 0 Å². The van der Waals surface area contributed by atoms with E-state index in [1.165, 1.54) is 31.9 Å². The Labute approximate surface area is 101 Å². The van der Waals surface area contributed by atoms with Gasteiger partial charge in [0.05, 0.1) is 12.1 Å². The third-order valence-corrected chi connectivity index (χ3v) is 3.37. The second-order valence-electron chi connectivity index (χ2n) is 4.95. The molecule has 94 valence electrons. The third kappa shape index (κ3) is 3.33. The first-order chi connectivity index (χ1) is 8.15. The zero-order valence-corrected chi connectivity index (χ0v) is 10.2. The van der Waals surface area contributed by atoms with E-state index in [0.717, 1.165) is 18.2 Å². The highest BCUT2D eigenvalue weighted by atomic mass is 16.4. The summed E-state index contributed by atoms with van der Waals surface area (Å²) in [5.74, 6) is 0.593. The summed E-state index contributed by atoms with van der Waals surface area (Å²) in [6.07, 6.45) is 6.65. The summed E-state index contributed by atoms with van der Waals surface area (Å²) in [4.78, 5) is 12.9. The summed E-state index contributed by atoms with van der Waals surface area (Å²) in [5, 5.41) is 8.79. The van der Waals surface area contributed by atoms with E-state index < -0.39 is 5.97 Å². The Morgan fingerprint density at radius 2 is 2.24 bits per heavy atom. The van der Waals surface area contributed by atoms with E-state index in [2.05, 4.69) is 11.9 Å². The van der Waals surface area contributed by atoms with E-state index in [4.69, 9.17) is 9.52 Å². The van der Waals surface area contributed by atoms with E-state index in [1.807, 2.05) is 0 Å². The van der Waals surface area contributed by atoms with Crippen LogP contribution in [0.2, 0.25) is 0 Å². The minimum Gasteiger partial charge on any atom is -0.478 e. The van der Waals surface area contributed by atoms with Crippen molar-refractivity contribution in [2.24, 2.45) is 5.92 Å². The van der Waals surface area contributed by atoms with Gasteiger partial charge in [-0.05, 0) is 31.9 Å². The van der Waals surface area contributed by atoms with Crippen LogP contribution in [0.25, 0.3) is 0 Å². The molecule has 1 aliphatic rings. The van der Waals surface area contributed by atoms with Crippen LogP contribution in [0.3, 0.4) is 0 Å². The van der Waals surface area contributed by atoms with Crippen LogP contribution in [0.5, 0.6) is 0 Å². The van der Waals surface area contributed by atoms with Gasteiger partial charge in [0.15, 0.2) is 0 Å². The quantitative estimate of drug-likeness (QED) is 0.855. The largest absolute Gasteiger partial charge is 0.478 e. The van der Waals surface area contributed by atoms with Gasteiger partial charge in [0.25, 0.3) is 0 Å². The second kappa shape index (κ2) is 5.36. The molecule has 1 fully saturated rings. The second-order valence-corrected chi connectivity index (χ2v) is 4.95. The number of hydrogen-bond acceptors (Lipinski definition) is 3. The van der Waals surface area contributed by atoms with Crippen molar-refractivity contribution in [3.05, 3.63) is 23.7 Å². The summed E-state index contributed by atoms with van der Waals surface area (Å²) < 4.78 is 5.24. The first-order valence-corrected chi connectivity index (χ1v) is 6.14. The van der Waals surface area contributed by atoms with Crippen LogP contribution in [0.1, 0.15) is 41.8 Å². The van der Waals surface area contributed by atoms with Crippen LogP contribution in [-0.4, -0.2) is 29.6 Å². The van der Waals surface area contributed by atoms with Gasteiger partial charge >= 0.3 is 5.97 Å². The minimum absolute atomic E-state index is 0.231. The Balaban J connectivity index is 1.84. The lowest BCUT2D eigenvalue weighted by Gasteiger charge is -2.19. The summed E-state index contributed by atoms with van der Waals surface area (Å²) in [5.41, 5.74) is 0.231. The number of carboxylic acid groups (broad SMARTS) is 1. The molecule has 0 atom stereocenters. The number of nitrogens with zero attached hydrogens (tertiary/aromatic N) is 1. The molecule has 1 heterocycles. The predicted octanol–water partition coefficient (Wildman–Crippen LogP) is 2.60. The first kappa shape index (κ1) is 12.2. The highest BCUT2D eigenvalue weighted by molar-refractivity contribution is 5.87. The highest BCUT2D eigenvalue weighted by Crippen LogP contribution is 2.25. The fourth-order valence-electron chi connectivity index (χ4n) is 2.54. The molecular weight excluding hydrogens is 218 g/mol. The van der Waals surface area contributed by atoms with Crippen molar-refractivity contribution in [2.75, 3.05) is 13.6 Å². The summed E-state index contributed by atoms with van der Waals surface area (Å²) in [6.45, 7) is 1.76. The predicted molar refractivity (Wildman–Crippen MR) is 64.0 cm³/mol. The fraction of sp³-hybridized carbons (Fsp3) is 0.615. The monoisotopic (exact) mass is 237 g/mol. The van der Waals surface area contributed by atoms with Gasteiger partial charge in [-0.2, -0.15) is 0 Å². The molecule has 0 spiro atoms. The van der Waals surface area contributed by atoms with Crippen LogP contribution in [0.4, 0.5) is 0 Å². The van der Waals surface area contributed by atoms with E-state index in [-0.39, 0.29) is 5.56 Å². The SMILES string of the molecule is CN(Cc1cc(C(=O)O)co1)CC1CCCC1. The molecule has 1 aromatic rings. The zero-order chi connectivity index (χ0) is 12.3. The molecule has 0 bridgehead atoms. The maximum Gasteiger partial charge on any atom is 0.338 e. The molecule has 17 heavy (non-hydrogen) atoms. The van der Waals surface area contributed by atoms with E-state index in [0.29, 0.717) is 6.54 Å². The highest BCUT2D eigenvalue weighted by Gasteiger charge is 2.17. The van der Waals surface area contributed by atoms with E-state index >= 15 is 0 Å². The lowest BCUT2D eigenvalue weighted by atomic mass is 10.1. The van der Waals surface area contributed by atoms with Crippen molar-refractivity contribution < 1.29 is 14.3 Å². The molecule has 1 saturated carbocycles. The normalized spacial score (nSPS) is 16.8. The first-order valence-electron chi connectivity index (χ1n) is 6.14. The maximum absolute atomic E-state index is 10.7. The Bertz CT molecular complexity index is 380. The van der Waals surface area contributed by atoms with Crippen molar-refractivity contribution >= 4 is 5.97 Å². The minimum atomic E-state index is -0.932. The Morgan fingerprint density at radius 3 is 2.82 bits per heavy atom. The van der Waals surface area contributed by atoms with Crippen LogP contribution in [0.15, 0.2) is 16.7 Å². The number of hydrogen-bond donors (Lipinski definition) is 1. The van der Waals surface area contributed by atoms with Gasteiger partial charge in [-0.15, -0.1) is 0 Å². The molecular formula is C13H19NO3. The molecule has 1 aromatic heterocycles. The maximum atomic E-state index is 10.7. The molecule has 0 saturated heterocycles. The van der Waals surface area contributed by atoms with E-state index in [1.54, 1.807) is 6.07 Å². The molecule has 4 nitrogen and oxygen atoms in total. The molecule has 0 aromatic carbocycles. The van der Waals surface area contributed by atoms with Crippen molar-refractivity contribution in [3.63, 3.8) is 0 Å². The summed E-state index contributed by atoms with van der Waals surface area (Å²) in [7, 11) is 2.06. The topological polar surface area (TPSA) is 53.7 Å². The molecule has 0 amide bonds. The van der Waals surface area contributed by atoms with Gasteiger partial charge in [0.1, 0.15) is 12.0 Å². The smallest absolute Gasteiger partial charge is 0.338 e. The number of carboxylic acids is 1. The average Bonchev–Trinajstić information content (AvgIpc) is 2.88. The standard InChI is InChI=1S/C13H19NO3/c1-14(7-10-4-2-3-5-10)8-12-6-11(9-17-12)13(15)16/h6,9-10H,2-5,7-8H2,1H3,(H,15,16). The zero-order valence-electron chi connectivity index (χ0n) is 10.2. The number of aromatic carboxylic acids is 1. The summed E-state index contributed by atoms with van der Waals surface area (Å²) in [6, 6.07) is 1.60. The Morgan fingerprint density at radius 1 is 1.53 bits per heavy atom. The van der Waals surface area contributed by atoms with Crippen LogP contribution in [-0.2, 0) is 6.54 Å². The van der Waals surface area contributed by atoms with E-state index in [9.17, 15) is 4.79 Å². The molecule has 0 aliphatic heterocycles. The van der Waals surface area contributed by atoms with Gasteiger partial charge in [-0.25, -0.2) is 4.79 Å². The van der Waals surface area contributed by atoms with Gasteiger partial charge in [0, 0.05) is 6.54 Å². The van der Waals surface area contributed by atoms with Gasteiger partial charge in [-0.3, -0.25) is 4.90 Å². The number of carbonyl (C=O) groups is 1. The molecule has 0 unspecified atom stereocenters. The van der Waals surface area contributed by atoms with Crippen molar-refractivity contribution in [1.29, 1.82) is 0 Å². The van der Waals surface area contributed by atoms with Crippen molar-refractivity contribution in [2.45, 2.75) is 32.2 Å². The summed E-state index contributed by atoms with van der Waals surface area (Å²) >= 11 is 0. The molecule has 1 aliphatic carbocycles. The van der Waals surface area contributed by atoms with Crippen LogP contribution < -0.4 is 0 Å². The third-order valence-electron chi connectivity index (χ3n) is 3.37. The number of rotatable bonds is 5. The lowest BCUT2D eigenvalue weighted by molar-refractivity contribution is 0.0696. The van der Waals surface area contributed by atoms with Gasteiger partial charge < -0.3 is 9.52 Å². The van der Waals surface area contributed by atoms with Crippen LogP contribution in [0, 0.1) is 5.92 Å². The lowest BCUT2D eigenvalue weighted by Crippen LogP contribution is -2.23. The Hall–Kier alpha value is -1.29. The molecule has 0 radical (unpaired) electrons. The van der Waals surface area contributed by atoms with Crippen LogP contribution >= 0.6 is 0 Å². The van der Waals surface area contributed by atoms with Gasteiger partial charge in [-0.1, -0.05) is 12.8 Å².